The van der Waals surface area contributed by atoms with E-state index in [1.165, 1.54) is 25.0 Å². The van der Waals surface area contributed by atoms with Crippen LogP contribution in [0.5, 0.6) is 0 Å². The summed E-state index contributed by atoms with van der Waals surface area (Å²) < 4.78 is 13.7. The molecule has 1 atom stereocenters. The van der Waals surface area contributed by atoms with Gasteiger partial charge in [0.05, 0.1) is 5.69 Å². The van der Waals surface area contributed by atoms with Gasteiger partial charge in [-0.15, -0.1) is 0 Å². The van der Waals surface area contributed by atoms with Gasteiger partial charge in [0.2, 0.25) is 5.91 Å². The van der Waals surface area contributed by atoms with E-state index in [2.05, 4.69) is 10.6 Å². The number of halogens is 1. The Kier molecular flexibility index (Phi) is 4.74. The second kappa shape index (κ2) is 6.52. The van der Waals surface area contributed by atoms with Crippen LogP contribution < -0.4 is 16.4 Å². The molecule has 19 heavy (non-hydrogen) atoms. The van der Waals surface area contributed by atoms with E-state index in [0.29, 0.717) is 11.6 Å². The SMILES string of the molecule is NC(=O)c1ccc(NCCC2CCCNC2)c(F)c1. The Morgan fingerprint density at radius 3 is 3.00 bits per heavy atom. The molecule has 1 aliphatic heterocycles. The fraction of sp³-hybridized carbons (Fsp3) is 0.500. The molecule has 0 radical (unpaired) electrons. The lowest BCUT2D eigenvalue weighted by Crippen LogP contribution is -2.30. The van der Waals surface area contributed by atoms with E-state index >= 15 is 0 Å². The highest BCUT2D eigenvalue weighted by Crippen LogP contribution is 2.18. The quantitative estimate of drug-likeness (QED) is 0.759. The van der Waals surface area contributed by atoms with Crippen LogP contribution in [-0.4, -0.2) is 25.5 Å². The van der Waals surface area contributed by atoms with Gasteiger partial charge in [-0.3, -0.25) is 4.79 Å². The predicted octanol–water partition coefficient (Wildman–Crippen LogP) is 1.73. The van der Waals surface area contributed by atoms with E-state index in [4.69, 9.17) is 5.73 Å². The Labute approximate surface area is 112 Å². The van der Waals surface area contributed by atoms with Gasteiger partial charge < -0.3 is 16.4 Å². The van der Waals surface area contributed by atoms with E-state index in [9.17, 15) is 9.18 Å². The Morgan fingerprint density at radius 2 is 2.37 bits per heavy atom. The van der Waals surface area contributed by atoms with Gasteiger partial charge in [0.25, 0.3) is 0 Å². The average Bonchev–Trinajstić information content (AvgIpc) is 2.41. The number of carbonyl (C=O) groups excluding carboxylic acids is 1. The number of rotatable bonds is 5. The molecule has 1 aromatic rings. The van der Waals surface area contributed by atoms with Crippen LogP contribution in [0.4, 0.5) is 10.1 Å². The number of anilines is 1. The molecule has 0 aliphatic carbocycles. The number of nitrogens with one attached hydrogen (secondary N) is 2. The molecule has 1 amide bonds. The Balaban J connectivity index is 1.83. The summed E-state index contributed by atoms with van der Waals surface area (Å²) in [7, 11) is 0. The van der Waals surface area contributed by atoms with E-state index < -0.39 is 11.7 Å². The summed E-state index contributed by atoms with van der Waals surface area (Å²) >= 11 is 0. The Hall–Kier alpha value is -1.62. The summed E-state index contributed by atoms with van der Waals surface area (Å²) in [6.07, 6.45) is 3.47. The smallest absolute Gasteiger partial charge is 0.248 e. The number of amides is 1. The number of hydrogen-bond acceptors (Lipinski definition) is 3. The van der Waals surface area contributed by atoms with Crippen molar-refractivity contribution >= 4 is 11.6 Å². The zero-order chi connectivity index (χ0) is 13.7. The maximum absolute atomic E-state index is 13.7. The number of piperidine rings is 1. The van der Waals surface area contributed by atoms with Gasteiger partial charge in [-0.05, 0) is 56.5 Å². The van der Waals surface area contributed by atoms with Gasteiger partial charge in [0, 0.05) is 12.1 Å². The van der Waals surface area contributed by atoms with Gasteiger partial charge in [-0.1, -0.05) is 0 Å². The van der Waals surface area contributed by atoms with Crippen LogP contribution in [0.1, 0.15) is 29.6 Å². The molecule has 104 valence electrons. The van der Waals surface area contributed by atoms with Crippen LogP contribution in [0, 0.1) is 11.7 Å². The Bertz CT molecular complexity index is 444. The normalized spacial score (nSPS) is 19.1. The number of nitrogens with two attached hydrogens (primary N) is 1. The molecule has 1 heterocycles. The molecule has 1 fully saturated rings. The van der Waals surface area contributed by atoms with Crippen molar-refractivity contribution in [2.45, 2.75) is 19.3 Å². The first-order chi connectivity index (χ1) is 9.16. The summed E-state index contributed by atoms with van der Waals surface area (Å²) in [5.74, 6) is -0.383. The molecule has 0 saturated carbocycles. The fourth-order valence-corrected chi connectivity index (χ4v) is 2.39. The predicted molar refractivity (Wildman–Crippen MR) is 73.6 cm³/mol. The molecule has 1 aliphatic rings. The molecule has 0 bridgehead atoms. The lowest BCUT2D eigenvalue weighted by Gasteiger charge is -2.22. The summed E-state index contributed by atoms with van der Waals surface area (Å²) in [5.41, 5.74) is 5.72. The molecule has 1 saturated heterocycles. The molecule has 1 aromatic carbocycles. The van der Waals surface area contributed by atoms with Crippen molar-refractivity contribution in [1.29, 1.82) is 0 Å². The van der Waals surface area contributed by atoms with Crippen molar-refractivity contribution in [3.05, 3.63) is 29.6 Å². The summed E-state index contributed by atoms with van der Waals surface area (Å²) in [6.45, 7) is 2.89. The summed E-state index contributed by atoms with van der Waals surface area (Å²) in [4.78, 5) is 10.9. The van der Waals surface area contributed by atoms with Crippen molar-refractivity contribution in [3.63, 3.8) is 0 Å². The maximum Gasteiger partial charge on any atom is 0.248 e. The molecule has 4 nitrogen and oxygen atoms in total. The third-order valence-electron chi connectivity index (χ3n) is 3.52. The highest BCUT2D eigenvalue weighted by Gasteiger charge is 2.12. The third kappa shape index (κ3) is 3.92. The molecular weight excluding hydrogens is 245 g/mol. The summed E-state index contributed by atoms with van der Waals surface area (Å²) in [5, 5.41) is 6.43. The number of primary amides is 1. The first kappa shape index (κ1) is 13.8. The van der Waals surface area contributed by atoms with E-state index in [1.807, 2.05) is 0 Å². The topological polar surface area (TPSA) is 67.2 Å². The van der Waals surface area contributed by atoms with E-state index in [-0.39, 0.29) is 5.56 Å². The summed E-state index contributed by atoms with van der Waals surface area (Å²) in [6, 6.07) is 4.28. The largest absolute Gasteiger partial charge is 0.383 e. The van der Waals surface area contributed by atoms with Crippen molar-refractivity contribution in [1.82, 2.24) is 5.32 Å². The molecular formula is C14H20FN3O. The molecule has 1 unspecified atom stereocenters. The lowest BCUT2D eigenvalue weighted by atomic mass is 9.96. The highest BCUT2D eigenvalue weighted by atomic mass is 19.1. The minimum atomic E-state index is -0.612. The van der Waals surface area contributed by atoms with Crippen molar-refractivity contribution in [2.24, 2.45) is 11.7 Å². The Morgan fingerprint density at radius 1 is 1.53 bits per heavy atom. The van der Waals surface area contributed by atoms with Gasteiger partial charge in [-0.25, -0.2) is 4.39 Å². The van der Waals surface area contributed by atoms with Crippen LogP contribution in [0.3, 0.4) is 0 Å². The minimum absolute atomic E-state index is 0.194. The fourth-order valence-electron chi connectivity index (χ4n) is 2.39. The van der Waals surface area contributed by atoms with Crippen LogP contribution in [0.25, 0.3) is 0 Å². The average molecular weight is 265 g/mol. The highest BCUT2D eigenvalue weighted by molar-refractivity contribution is 5.93. The molecule has 0 spiro atoms. The van der Waals surface area contributed by atoms with Crippen LogP contribution >= 0.6 is 0 Å². The molecule has 0 aromatic heterocycles. The third-order valence-corrected chi connectivity index (χ3v) is 3.52. The van der Waals surface area contributed by atoms with E-state index in [0.717, 1.165) is 26.1 Å². The molecule has 5 heteroatoms. The lowest BCUT2D eigenvalue weighted by molar-refractivity contribution is 0.1000. The van der Waals surface area contributed by atoms with Gasteiger partial charge >= 0.3 is 0 Å². The molecule has 4 N–H and O–H groups in total. The van der Waals surface area contributed by atoms with E-state index in [1.54, 1.807) is 6.07 Å². The first-order valence-corrected chi connectivity index (χ1v) is 6.71. The molecule has 2 rings (SSSR count). The monoisotopic (exact) mass is 265 g/mol. The number of hydrogen-bond donors (Lipinski definition) is 3. The van der Waals surface area contributed by atoms with Crippen molar-refractivity contribution in [3.8, 4) is 0 Å². The maximum atomic E-state index is 13.7. The van der Waals surface area contributed by atoms with Crippen LogP contribution in [0.2, 0.25) is 0 Å². The second-order valence-electron chi connectivity index (χ2n) is 4.99. The van der Waals surface area contributed by atoms with Crippen molar-refractivity contribution in [2.75, 3.05) is 25.0 Å². The van der Waals surface area contributed by atoms with Crippen LogP contribution in [0.15, 0.2) is 18.2 Å². The van der Waals surface area contributed by atoms with Crippen LogP contribution in [-0.2, 0) is 0 Å². The minimum Gasteiger partial charge on any atom is -0.383 e. The van der Waals surface area contributed by atoms with Gasteiger partial charge in [-0.2, -0.15) is 0 Å². The zero-order valence-corrected chi connectivity index (χ0v) is 10.9. The first-order valence-electron chi connectivity index (χ1n) is 6.71. The second-order valence-corrected chi connectivity index (χ2v) is 4.99. The van der Waals surface area contributed by atoms with Gasteiger partial charge in [0.1, 0.15) is 5.82 Å². The number of carbonyl (C=O) groups is 1. The van der Waals surface area contributed by atoms with Crippen molar-refractivity contribution < 1.29 is 9.18 Å². The zero-order valence-electron chi connectivity index (χ0n) is 10.9. The van der Waals surface area contributed by atoms with Gasteiger partial charge in [0.15, 0.2) is 0 Å². The number of benzene rings is 1. The standard InChI is InChI=1S/C14H20FN3O/c15-12-8-11(14(16)19)3-4-13(12)18-7-5-10-2-1-6-17-9-10/h3-4,8,10,17-18H,1-2,5-7,9H2,(H2,16,19).